The first-order valence-electron chi connectivity index (χ1n) is 7.78. The predicted molar refractivity (Wildman–Crippen MR) is 82.3 cm³/mol. The van der Waals surface area contributed by atoms with Crippen molar-refractivity contribution in [2.24, 2.45) is 5.92 Å². The van der Waals surface area contributed by atoms with E-state index < -0.39 is 0 Å². The van der Waals surface area contributed by atoms with Gasteiger partial charge >= 0.3 is 6.03 Å². The van der Waals surface area contributed by atoms with Crippen LogP contribution in [0.2, 0.25) is 0 Å². The molecule has 1 aromatic heterocycles. The minimum atomic E-state index is -0.0881. The lowest BCUT2D eigenvalue weighted by atomic mass is 9.86. The third-order valence-electron chi connectivity index (χ3n) is 4.49. The molecular weight excluding hydrogens is 270 g/mol. The number of nitrogens with one attached hydrogen (secondary N) is 2. The lowest BCUT2D eigenvalue weighted by molar-refractivity contribution is 0.232. The fourth-order valence-electron chi connectivity index (χ4n) is 3.24. The molecule has 2 N–H and O–H groups in total. The second kappa shape index (κ2) is 6.12. The maximum Gasteiger partial charge on any atom is 0.321 e. The van der Waals surface area contributed by atoms with Gasteiger partial charge < -0.3 is 5.32 Å². The topological polar surface area (TPSA) is 54.0 Å². The number of fused-ring (bicyclic) bond motifs is 1. The molecule has 1 saturated carbocycles. The van der Waals surface area contributed by atoms with E-state index in [1.807, 2.05) is 0 Å². The highest BCUT2D eigenvalue weighted by Gasteiger charge is 2.23. The second-order valence-corrected chi connectivity index (χ2v) is 7.15. The maximum atomic E-state index is 12.1. The number of carbonyl (C=O) groups excluding carboxylic acids is 1. The average Bonchev–Trinajstić information content (AvgIpc) is 2.83. The van der Waals surface area contributed by atoms with Crippen LogP contribution in [0.15, 0.2) is 0 Å². The Labute approximate surface area is 124 Å². The van der Waals surface area contributed by atoms with E-state index in [0.717, 1.165) is 24.4 Å². The average molecular weight is 293 g/mol. The molecule has 0 saturated heterocycles. The van der Waals surface area contributed by atoms with Crippen LogP contribution in [0.1, 0.15) is 56.0 Å². The Morgan fingerprint density at radius 1 is 1.20 bits per heavy atom. The highest BCUT2D eigenvalue weighted by atomic mass is 32.1. The molecule has 110 valence electrons. The molecule has 0 bridgehead atoms. The van der Waals surface area contributed by atoms with Crippen LogP contribution in [-0.4, -0.2) is 17.1 Å². The predicted octanol–water partition coefficient (Wildman–Crippen LogP) is 3.72. The van der Waals surface area contributed by atoms with Crippen molar-refractivity contribution in [1.29, 1.82) is 0 Å². The van der Waals surface area contributed by atoms with Crippen LogP contribution in [0, 0.1) is 5.92 Å². The first-order chi connectivity index (χ1) is 9.72. The van der Waals surface area contributed by atoms with E-state index >= 15 is 0 Å². The number of hydrogen-bond donors (Lipinski definition) is 2. The molecule has 20 heavy (non-hydrogen) atoms. The molecule has 3 rings (SSSR count). The summed E-state index contributed by atoms with van der Waals surface area (Å²) in [6.07, 6.45) is 9.49. The van der Waals surface area contributed by atoms with Crippen LogP contribution in [0.3, 0.4) is 0 Å². The number of nitrogens with zero attached hydrogens (tertiary/aromatic N) is 1. The normalized spacial score (nSPS) is 25.9. The molecular formula is C15H23N3OS. The van der Waals surface area contributed by atoms with Gasteiger partial charge in [0.2, 0.25) is 0 Å². The Hall–Kier alpha value is -1.10. The van der Waals surface area contributed by atoms with Crippen LogP contribution >= 0.6 is 11.3 Å². The second-order valence-electron chi connectivity index (χ2n) is 6.06. The minimum absolute atomic E-state index is 0.0881. The van der Waals surface area contributed by atoms with Gasteiger partial charge in [0.05, 0.1) is 5.69 Å². The standard InChI is InChI=1S/C15H23N3OS/c1-10-6-2-3-7-11(10)16-14(19)18-15-17-12-8-4-5-9-13(12)20-15/h10-11H,2-9H2,1H3,(H2,16,17,18,19). The molecule has 4 nitrogen and oxygen atoms in total. The number of anilines is 1. The van der Waals surface area contributed by atoms with Gasteiger partial charge in [0.15, 0.2) is 5.13 Å². The molecule has 2 atom stereocenters. The molecule has 2 unspecified atom stereocenters. The highest BCUT2D eigenvalue weighted by molar-refractivity contribution is 7.15. The molecule has 1 aromatic rings. The molecule has 2 aliphatic rings. The Kier molecular flexibility index (Phi) is 4.24. The van der Waals surface area contributed by atoms with Crippen molar-refractivity contribution < 1.29 is 4.79 Å². The van der Waals surface area contributed by atoms with E-state index in [1.165, 1.54) is 42.7 Å². The highest BCUT2D eigenvalue weighted by Crippen LogP contribution is 2.29. The Morgan fingerprint density at radius 3 is 2.80 bits per heavy atom. The lowest BCUT2D eigenvalue weighted by Gasteiger charge is -2.29. The van der Waals surface area contributed by atoms with E-state index in [1.54, 1.807) is 11.3 Å². The summed E-state index contributed by atoms with van der Waals surface area (Å²) in [5.74, 6) is 0.582. The fourth-order valence-corrected chi connectivity index (χ4v) is 4.28. The lowest BCUT2D eigenvalue weighted by Crippen LogP contribution is -2.43. The smallest absolute Gasteiger partial charge is 0.321 e. The van der Waals surface area contributed by atoms with Gasteiger partial charge in [0.1, 0.15) is 0 Å². The van der Waals surface area contributed by atoms with Gasteiger partial charge in [0, 0.05) is 10.9 Å². The van der Waals surface area contributed by atoms with Gasteiger partial charge in [-0.2, -0.15) is 0 Å². The van der Waals surface area contributed by atoms with Gasteiger partial charge in [0.25, 0.3) is 0 Å². The van der Waals surface area contributed by atoms with Crippen LogP contribution in [0.25, 0.3) is 0 Å². The molecule has 2 amide bonds. The number of urea groups is 1. The summed E-state index contributed by atoms with van der Waals surface area (Å²) in [5, 5.41) is 6.80. The Bertz CT molecular complexity index is 462. The zero-order valence-electron chi connectivity index (χ0n) is 12.1. The van der Waals surface area contributed by atoms with Crippen molar-refractivity contribution in [2.45, 2.75) is 64.3 Å². The summed E-state index contributed by atoms with van der Waals surface area (Å²) in [4.78, 5) is 18.0. The molecule has 0 aromatic carbocycles. The monoisotopic (exact) mass is 293 g/mol. The summed E-state index contributed by atoms with van der Waals surface area (Å²) in [6.45, 7) is 2.23. The molecule has 1 heterocycles. The van der Waals surface area contributed by atoms with E-state index in [9.17, 15) is 4.79 Å². The van der Waals surface area contributed by atoms with Crippen molar-refractivity contribution in [3.63, 3.8) is 0 Å². The van der Waals surface area contributed by atoms with Crippen LogP contribution in [-0.2, 0) is 12.8 Å². The fraction of sp³-hybridized carbons (Fsp3) is 0.733. The van der Waals surface area contributed by atoms with E-state index in [4.69, 9.17) is 0 Å². The summed E-state index contributed by atoms with van der Waals surface area (Å²) in [6, 6.07) is 0.230. The summed E-state index contributed by atoms with van der Waals surface area (Å²) < 4.78 is 0. The van der Waals surface area contributed by atoms with Gasteiger partial charge in [-0.3, -0.25) is 5.32 Å². The minimum Gasteiger partial charge on any atom is -0.335 e. The molecule has 1 fully saturated rings. The third-order valence-corrected chi connectivity index (χ3v) is 5.57. The van der Waals surface area contributed by atoms with Gasteiger partial charge in [-0.25, -0.2) is 9.78 Å². The van der Waals surface area contributed by atoms with E-state index in [0.29, 0.717) is 12.0 Å². The Morgan fingerprint density at radius 2 is 2.00 bits per heavy atom. The van der Waals surface area contributed by atoms with E-state index in [2.05, 4.69) is 22.5 Å². The molecule has 0 radical (unpaired) electrons. The summed E-state index contributed by atoms with van der Waals surface area (Å²) in [5.41, 5.74) is 1.20. The number of rotatable bonds is 2. The maximum absolute atomic E-state index is 12.1. The quantitative estimate of drug-likeness (QED) is 0.873. The molecule has 5 heteroatoms. The van der Waals surface area contributed by atoms with Crippen molar-refractivity contribution >= 4 is 22.5 Å². The summed E-state index contributed by atoms with van der Waals surface area (Å²) in [7, 11) is 0. The first-order valence-corrected chi connectivity index (χ1v) is 8.60. The van der Waals surface area contributed by atoms with Crippen molar-refractivity contribution in [2.75, 3.05) is 5.32 Å². The van der Waals surface area contributed by atoms with Crippen molar-refractivity contribution in [1.82, 2.24) is 10.3 Å². The van der Waals surface area contributed by atoms with E-state index in [-0.39, 0.29) is 6.03 Å². The van der Waals surface area contributed by atoms with Crippen molar-refractivity contribution in [3.05, 3.63) is 10.6 Å². The van der Waals surface area contributed by atoms with Gasteiger partial charge in [-0.1, -0.05) is 19.8 Å². The number of hydrogen-bond acceptors (Lipinski definition) is 3. The van der Waals surface area contributed by atoms with Crippen LogP contribution < -0.4 is 10.6 Å². The SMILES string of the molecule is CC1CCCCC1NC(=O)Nc1nc2c(s1)CCCC2. The van der Waals surface area contributed by atoms with Crippen molar-refractivity contribution in [3.8, 4) is 0 Å². The van der Waals surface area contributed by atoms with Gasteiger partial charge in [-0.05, 0) is 44.4 Å². The zero-order valence-corrected chi connectivity index (χ0v) is 12.9. The zero-order chi connectivity index (χ0) is 13.9. The number of aromatic nitrogens is 1. The van der Waals surface area contributed by atoms with Crippen LogP contribution in [0.4, 0.5) is 9.93 Å². The number of amides is 2. The Balaban J connectivity index is 1.57. The molecule has 2 aliphatic carbocycles. The number of carbonyl (C=O) groups is 1. The largest absolute Gasteiger partial charge is 0.335 e. The first kappa shape index (κ1) is 13.9. The summed E-state index contributed by atoms with van der Waals surface area (Å²) >= 11 is 1.64. The van der Waals surface area contributed by atoms with Crippen LogP contribution in [0.5, 0.6) is 0 Å². The van der Waals surface area contributed by atoms with Gasteiger partial charge in [-0.15, -0.1) is 11.3 Å². The number of aryl methyl sites for hydroxylation is 2. The number of thiazole rings is 1. The molecule has 0 spiro atoms. The third kappa shape index (κ3) is 3.14. The molecule has 0 aliphatic heterocycles.